The maximum Gasteiger partial charge on any atom is 0.276 e. The summed E-state index contributed by atoms with van der Waals surface area (Å²) in [6, 6.07) is 3.06. The van der Waals surface area contributed by atoms with Crippen LogP contribution in [0.2, 0.25) is 0 Å². The van der Waals surface area contributed by atoms with Crippen LogP contribution in [-0.4, -0.2) is 29.5 Å². The van der Waals surface area contributed by atoms with Crippen LogP contribution in [0.25, 0.3) is 0 Å². The summed E-state index contributed by atoms with van der Waals surface area (Å²) in [4.78, 5) is 22.0. The second-order valence-corrected chi connectivity index (χ2v) is 5.18. The van der Waals surface area contributed by atoms with Gasteiger partial charge in [-0.25, -0.2) is 0 Å². The average Bonchev–Trinajstić information content (AvgIpc) is 2.37. The first-order valence-electron chi connectivity index (χ1n) is 6.64. The number of amides is 1. The van der Waals surface area contributed by atoms with Crippen LogP contribution in [0.15, 0.2) is 12.1 Å². The zero-order chi connectivity index (χ0) is 16.2. The second-order valence-electron chi connectivity index (χ2n) is 5.18. The number of hydrogen-bond donors (Lipinski definition) is 2. The van der Waals surface area contributed by atoms with E-state index in [1.54, 1.807) is 26.8 Å². The van der Waals surface area contributed by atoms with E-state index in [0.717, 1.165) is 5.56 Å². The number of nitrogens with zero attached hydrogens (tertiary/aromatic N) is 1. The van der Waals surface area contributed by atoms with Crippen LogP contribution in [-0.2, 0) is 4.79 Å². The molecule has 0 fully saturated rings. The van der Waals surface area contributed by atoms with Gasteiger partial charge in [0.15, 0.2) is 0 Å². The fraction of sp³-hybridized carbons (Fsp3) is 0.500. The Hall–Kier alpha value is -2.15. The zero-order valence-electron chi connectivity index (χ0n) is 12.7. The number of nitro benzene ring substituents is 1. The van der Waals surface area contributed by atoms with Crippen LogP contribution < -0.4 is 15.8 Å². The van der Waals surface area contributed by atoms with Gasteiger partial charge in [-0.3, -0.25) is 14.9 Å². The Bertz CT molecular complexity index is 559. The molecule has 0 aliphatic heterocycles. The lowest BCUT2D eigenvalue weighted by Gasteiger charge is -2.27. The van der Waals surface area contributed by atoms with Crippen molar-refractivity contribution in [2.75, 3.05) is 13.2 Å². The van der Waals surface area contributed by atoms with E-state index in [0.29, 0.717) is 17.9 Å². The molecule has 1 rings (SSSR count). The summed E-state index contributed by atoms with van der Waals surface area (Å²) >= 11 is 0. The molecule has 21 heavy (non-hydrogen) atoms. The van der Waals surface area contributed by atoms with Gasteiger partial charge in [0.1, 0.15) is 17.9 Å². The molecule has 116 valence electrons. The van der Waals surface area contributed by atoms with Gasteiger partial charge in [-0.2, -0.15) is 0 Å². The molecule has 1 amide bonds. The van der Waals surface area contributed by atoms with Crippen molar-refractivity contribution in [3.05, 3.63) is 33.4 Å². The molecule has 0 saturated carbocycles. The number of benzene rings is 1. The van der Waals surface area contributed by atoms with Gasteiger partial charge >= 0.3 is 0 Å². The van der Waals surface area contributed by atoms with Gasteiger partial charge in [0.2, 0.25) is 5.91 Å². The van der Waals surface area contributed by atoms with Gasteiger partial charge in [-0.05, 0) is 38.9 Å². The number of hydrogen-bond acceptors (Lipinski definition) is 5. The van der Waals surface area contributed by atoms with Crippen molar-refractivity contribution >= 4 is 11.6 Å². The molecular weight excluding hydrogens is 274 g/mol. The lowest BCUT2D eigenvalue weighted by molar-refractivity contribution is -0.385. The molecule has 7 nitrogen and oxygen atoms in total. The van der Waals surface area contributed by atoms with Crippen molar-refractivity contribution in [2.45, 2.75) is 33.2 Å². The molecule has 0 bridgehead atoms. The van der Waals surface area contributed by atoms with Crippen LogP contribution >= 0.6 is 0 Å². The summed E-state index contributed by atoms with van der Waals surface area (Å²) in [6.45, 7) is 7.50. The molecule has 1 atom stereocenters. The molecule has 0 aliphatic carbocycles. The first-order chi connectivity index (χ1) is 9.71. The van der Waals surface area contributed by atoms with Crippen molar-refractivity contribution in [1.82, 2.24) is 5.32 Å². The Kier molecular flexibility index (Phi) is 5.26. The summed E-state index contributed by atoms with van der Waals surface area (Å²) < 4.78 is 5.59. The zero-order valence-corrected chi connectivity index (χ0v) is 12.7. The lowest BCUT2D eigenvalue weighted by Crippen LogP contribution is -2.57. The molecule has 1 unspecified atom stereocenters. The number of nitro groups is 1. The van der Waals surface area contributed by atoms with Crippen molar-refractivity contribution in [1.29, 1.82) is 0 Å². The summed E-state index contributed by atoms with van der Waals surface area (Å²) in [5, 5.41) is 13.9. The molecule has 0 aliphatic rings. The molecule has 1 aromatic rings. The maximum atomic E-state index is 11.5. The standard InChI is InChI=1S/C14H21N3O4/c1-5-16-14(4,13(15)18)8-21-12-7-11(17(19)20)9(2)6-10(12)3/h6-7,16H,5,8H2,1-4H3,(H2,15,18). The molecule has 7 heteroatoms. The highest BCUT2D eigenvalue weighted by molar-refractivity contribution is 5.84. The summed E-state index contributed by atoms with van der Waals surface area (Å²) in [6.07, 6.45) is 0. The average molecular weight is 295 g/mol. The molecular formula is C14H21N3O4. The van der Waals surface area contributed by atoms with E-state index in [-0.39, 0.29) is 12.3 Å². The van der Waals surface area contributed by atoms with Gasteiger partial charge in [-0.1, -0.05) is 6.92 Å². The van der Waals surface area contributed by atoms with E-state index in [4.69, 9.17) is 10.5 Å². The maximum absolute atomic E-state index is 11.5. The number of nitrogens with two attached hydrogens (primary N) is 1. The van der Waals surface area contributed by atoms with E-state index in [1.807, 2.05) is 6.92 Å². The van der Waals surface area contributed by atoms with Crippen LogP contribution in [0, 0.1) is 24.0 Å². The smallest absolute Gasteiger partial charge is 0.276 e. The minimum absolute atomic E-state index is 0.00275. The van der Waals surface area contributed by atoms with Crippen LogP contribution in [0.3, 0.4) is 0 Å². The minimum atomic E-state index is -1.03. The van der Waals surface area contributed by atoms with Gasteiger partial charge in [0.25, 0.3) is 5.69 Å². The summed E-state index contributed by atoms with van der Waals surface area (Å²) in [7, 11) is 0. The van der Waals surface area contributed by atoms with E-state index in [1.165, 1.54) is 6.07 Å². The van der Waals surface area contributed by atoms with E-state index < -0.39 is 16.4 Å². The number of likely N-dealkylation sites (N-methyl/N-ethyl adjacent to an activating group) is 1. The quantitative estimate of drug-likeness (QED) is 0.584. The molecule has 0 aromatic heterocycles. The van der Waals surface area contributed by atoms with Crippen LogP contribution in [0.1, 0.15) is 25.0 Å². The normalized spacial score (nSPS) is 13.5. The van der Waals surface area contributed by atoms with Crippen LogP contribution in [0.4, 0.5) is 5.69 Å². The third kappa shape index (κ3) is 3.91. The fourth-order valence-electron chi connectivity index (χ4n) is 2.00. The van der Waals surface area contributed by atoms with E-state index >= 15 is 0 Å². The number of nitrogens with one attached hydrogen (secondary N) is 1. The third-order valence-electron chi connectivity index (χ3n) is 3.32. The van der Waals surface area contributed by atoms with Crippen LogP contribution in [0.5, 0.6) is 5.75 Å². The second kappa shape index (κ2) is 6.53. The largest absolute Gasteiger partial charge is 0.491 e. The van der Waals surface area contributed by atoms with Crippen molar-refractivity contribution in [3.8, 4) is 5.75 Å². The highest BCUT2D eigenvalue weighted by Crippen LogP contribution is 2.28. The summed E-state index contributed by atoms with van der Waals surface area (Å²) in [5.41, 5.74) is 5.66. The molecule has 1 aromatic carbocycles. The number of primary amides is 1. The highest BCUT2D eigenvalue weighted by atomic mass is 16.6. The van der Waals surface area contributed by atoms with Gasteiger partial charge < -0.3 is 15.8 Å². The Balaban J connectivity index is 3.00. The fourth-order valence-corrected chi connectivity index (χ4v) is 2.00. The van der Waals surface area contributed by atoms with Crippen molar-refractivity contribution in [3.63, 3.8) is 0 Å². The van der Waals surface area contributed by atoms with Gasteiger partial charge in [0.05, 0.1) is 11.0 Å². The Morgan fingerprint density at radius 2 is 2.05 bits per heavy atom. The lowest BCUT2D eigenvalue weighted by atomic mass is 10.0. The monoisotopic (exact) mass is 295 g/mol. The highest BCUT2D eigenvalue weighted by Gasteiger charge is 2.31. The molecule has 0 heterocycles. The Morgan fingerprint density at radius 1 is 1.43 bits per heavy atom. The predicted molar refractivity (Wildman–Crippen MR) is 79.3 cm³/mol. The van der Waals surface area contributed by atoms with Crippen molar-refractivity contribution < 1.29 is 14.5 Å². The summed E-state index contributed by atoms with van der Waals surface area (Å²) in [5.74, 6) is -0.165. The molecule has 0 radical (unpaired) electrons. The van der Waals surface area contributed by atoms with Gasteiger partial charge in [0, 0.05) is 5.56 Å². The number of carbonyl (C=O) groups excluding carboxylic acids is 1. The first kappa shape index (κ1) is 16.9. The molecule has 0 spiro atoms. The number of aryl methyl sites for hydroxylation is 2. The number of rotatable bonds is 7. The Morgan fingerprint density at radius 3 is 2.52 bits per heavy atom. The SMILES string of the molecule is CCNC(C)(COc1cc([N+](=O)[O-])c(C)cc1C)C(N)=O. The van der Waals surface area contributed by atoms with Crippen molar-refractivity contribution in [2.24, 2.45) is 5.73 Å². The van der Waals surface area contributed by atoms with E-state index in [9.17, 15) is 14.9 Å². The topological polar surface area (TPSA) is 107 Å². The number of carbonyl (C=O) groups is 1. The Labute approximate surface area is 123 Å². The minimum Gasteiger partial charge on any atom is -0.491 e. The van der Waals surface area contributed by atoms with E-state index in [2.05, 4.69) is 5.32 Å². The predicted octanol–water partition coefficient (Wildman–Crippen LogP) is 1.44. The molecule has 0 saturated heterocycles. The number of ether oxygens (including phenoxy) is 1. The first-order valence-corrected chi connectivity index (χ1v) is 6.64. The van der Waals surface area contributed by atoms with Gasteiger partial charge in [-0.15, -0.1) is 0 Å². The third-order valence-corrected chi connectivity index (χ3v) is 3.32. The molecule has 3 N–H and O–H groups in total.